The van der Waals surface area contributed by atoms with Crippen LogP contribution in [-0.4, -0.2) is 30.6 Å². The molecule has 9 heteroatoms. The van der Waals surface area contributed by atoms with E-state index in [0.29, 0.717) is 40.5 Å². The van der Waals surface area contributed by atoms with Gasteiger partial charge >= 0.3 is 0 Å². The van der Waals surface area contributed by atoms with Gasteiger partial charge in [0.05, 0.1) is 5.56 Å². The summed E-state index contributed by atoms with van der Waals surface area (Å²) in [7, 11) is -1.72. The van der Waals surface area contributed by atoms with Crippen molar-refractivity contribution in [2.45, 2.75) is 50.2 Å². The molecule has 1 saturated carbocycles. The number of hydrogen-bond donors (Lipinski definition) is 1. The molecule has 1 aliphatic rings. The molecule has 2 aromatic heterocycles. The van der Waals surface area contributed by atoms with Gasteiger partial charge in [-0.2, -0.15) is 5.26 Å². The van der Waals surface area contributed by atoms with E-state index in [9.17, 15) is 4.39 Å². The van der Waals surface area contributed by atoms with Gasteiger partial charge in [0.15, 0.2) is 19.9 Å². The fourth-order valence-corrected chi connectivity index (χ4v) is 5.61. The number of aromatic nitrogens is 2. The Morgan fingerprint density at radius 2 is 1.86 bits per heavy atom. The fourth-order valence-electron chi connectivity index (χ4n) is 3.42. The number of halogens is 1. The Morgan fingerprint density at radius 1 is 1.11 bits per heavy atom. The van der Waals surface area contributed by atoms with Crippen LogP contribution in [0.3, 0.4) is 0 Å². The van der Waals surface area contributed by atoms with Gasteiger partial charge in [-0.25, -0.2) is 14.4 Å². The van der Waals surface area contributed by atoms with Crippen molar-refractivity contribution in [2.75, 3.05) is 17.7 Å². The second-order valence-electron chi connectivity index (χ2n) is 10.9. The zero-order valence-corrected chi connectivity index (χ0v) is 23.7. The molecular weight excluding hydrogens is 503 g/mol. The van der Waals surface area contributed by atoms with E-state index in [1.165, 1.54) is 24.8 Å². The summed E-state index contributed by atoms with van der Waals surface area (Å²) in [5.41, 5.74) is 0.473. The molecule has 1 N–H and O–H groups in total. The number of thioether (sulfide) groups is 1. The van der Waals surface area contributed by atoms with Gasteiger partial charge in [0, 0.05) is 29.6 Å². The first kappa shape index (κ1) is 27.1. The lowest BCUT2D eigenvalue weighted by Gasteiger charge is -2.36. The van der Waals surface area contributed by atoms with Gasteiger partial charge < -0.3 is 14.5 Å². The molecule has 1 fully saturated rings. The molecule has 0 aliphatic heterocycles. The van der Waals surface area contributed by atoms with Gasteiger partial charge in [-0.15, -0.1) is 11.8 Å². The SMILES string of the molecule is CC(C)(C)[Si](C)(C)OCC1CC1CSc1cnc(Nc2ccc(C#N)cn2)c(Oc2ccc(F)cc2)c1. The molecule has 6 nitrogen and oxygen atoms in total. The average Bonchev–Trinajstić information content (AvgIpc) is 3.62. The number of nitrogens with one attached hydrogen (secondary N) is 1. The van der Waals surface area contributed by atoms with E-state index in [0.717, 1.165) is 17.3 Å². The lowest BCUT2D eigenvalue weighted by atomic mass is 10.2. The zero-order valence-electron chi connectivity index (χ0n) is 21.9. The first-order valence-electron chi connectivity index (χ1n) is 12.4. The summed E-state index contributed by atoms with van der Waals surface area (Å²) in [6, 6.07) is 13.3. The maximum Gasteiger partial charge on any atom is 0.191 e. The van der Waals surface area contributed by atoms with E-state index in [2.05, 4.69) is 55.2 Å². The third kappa shape index (κ3) is 7.31. The third-order valence-electron chi connectivity index (χ3n) is 7.01. The molecule has 4 rings (SSSR count). The van der Waals surface area contributed by atoms with Crippen molar-refractivity contribution in [2.24, 2.45) is 11.8 Å². The van der Waals surface area contributed by atoms with E-state index in [-0.39, 0.29) is 10.9 Å². The highest BCUT2D eigenvalue weighted by Crippen LogP contribution is 2.45. The van der Waals surface area contributed by atoms with E-state index < -0.39 is 8.32 Å². The van der Waals surface area contributed by atoms with Gasteiger partial charge in [0.2, 0.25) is 0 Å². The molecule has 2 atom stereocenters. The molecule has 0 radical (unpaired) electrons. The summed E-state index contributed by atoms with van der Waals surface area (Å²) < 4.78 is 25.9. The normalized spacial score (nSPS) is 17.2. The topological polar surface area (TPSA) is 80.1 Å². The van der Waals surface area contributed by atoms with Gasteiger partial charge in [0.25, 0.3) is 0 Å². The van der Waals surface area contributed by atoms with Gasteiger partial charge in [-0.3, -0.25) is 0 Å². The summed E-state index contributed by atoms with van der Waals surface area (Å²) in [6.07, 6.45) is 4.50. The highest BCUT2D eigenvalue weighted by Gasteiger charge is 2.42. The van der Waals surface area contributed by atoms with E-state index in [1.54, 1.807) is 36.0 Å². The fraction of sp³-hybridized carbons (Fsp3) is 0.393. The van der Waals surface area contributed by atoms with Crippen molar-refractivity contribution in [1.29, 1.82) is 5.26 Å². The molecule has 3 aromatic rings. The predicted octanol–water partition coefficient (Wildman–Crippen LogP) is 7.77. The summed E-state index contributed by atoms with van der Waals surface area (Å²) in [5.74, 6) is 3.96. The number of ether oxygens (including phenoxy) is 1. The number of nitriles is 1. The quantitative estimate of drug-likeness (QED) is 0.209. The predicted molar refractivity (Wildman–Crippen MR) is 148 cm³/mol. The molecule has 0 bridgehead atoms. The van der Waals surface area contributed by atoms with Gasteiger partial charge in [0.1, 0.15) is 23.5 Å². The number of nitrogens with zero attached hydrogens (tertiary/aromatic N) is 3. The minimum absolute atomic E-state index is 0.224. The average molecular weight is 537 g/mol. The van der Waals surface area contributed by atoms with Gasteiger partial charge in [-0.1, -0.05) is 20.8 Å². The molecule has 2 heterocycles. The van der Waals surface area contributed by atoms with Crippen molar-refractivity contribution in [3.05, 3.63) is 66.2 Å². The van der Waals surface area contributed by atoms with Crippen LogP contribution in [-0.2, 0) is 4.43 Å². The number of rotatable bonds is 10. The molecule has 1 aliphatic carbocycles. The van der Waals surface area contributed by atoms with Gasteiger partial charge in [-0.05, 0) is 78.9 Å². The Hall–Kier alpha value is -2.93. The van der Waals surface area contributed by atoms with Crippen LogP contribution in [0.2, 0.25) is 18.1 Å². The minimum atomic E-state index is -1.72. The minimum Gasteiger partial charge on any atom is -0.453 e. The smallest absolute Gasteiger partial charge is 0.191 e. The first-order chi connectivity index (χ1) is 17.5. The van der Waals surface area contributed by atoms with Crippen molar-refractivity contribution in [1.82, 2.24) is 9.97 Å². The zero-order chi connectivity index (χ0) is 26.6. The highest BCUT2D eigenvalue weighted by molar-refractivity contribution is 7.99. The summed E-state index contributed by atoms with van der Waals surface area (Å²) in [6.45, 7) is 12.3. The second kappa shape index (κ2) is 11.2. The molecule has 194 valence electrons. The van der Waals surface area contributed by atoms with Crippen molar-refractivity contribution < 1.29 is 13.6 Å². The lowest BCUT2D eigenvalue weighted by Crippen LogP contribution is -2.41. The Bertz CT molecular complexity index is 1260. The number of pyridine rings is 2. The Balaban J connectivity index is 1.42. The third-order valence-corrected chi connectivity index (χ3v) is 12.7. The van der Waals surface area contributed by atoms with Crippen LogP contribution in [0.25, 0.3) is 0 Å². The van der Waals surface area contributed by atoms with Crippen molar-refractivity contribution >= 4 is 31.7 Å². The molecule has 37 heavy (non-hydrogen) atoms. The summed E-state index contributed by atoms with van der Waals surface area (Å²) in [4.78, 5) is 9.84. The lowest BCUT2D eigenvalue weighted by molar-refractivity contribution is 0.267. The highest BCUT2D eigenvalue weighted by atomic mass is 32.2. The number of anilines is 2. The maximum absolute atomic E-state index is 13.4. The van der Waals surface area contributed by atoms with E-state index >= 15 is 0 Å². The molecular formula is C28H33FN4O2SSi. The van der Waals surface area contributed by atoms with Crippen molar-refractivity contribution in [3.8, 4) is 17.6 Å². The molecule has 1 aromatic carbocycles. The molecule has 2 unspecified atom stereocenters. The molecule has 0 spiro atoms. The van der Waals surface area contributed by atoms with Crippen LogP contribution < -0.4 is 10.1 Å². The number of benzene rings is 1. The summed E-state index contributed by atoms with van der Waals surface area (Å²) in [5, 5.41) is 12.4. The standard InChI is InChI=1S/C28H33FN4O2SSi/c1-28(2,3)37(4,5)34-17-20-12-21(20)18-36-24-13-25(35-23-9-7-22(29)8-10-23)27(32-16-24)33-26-11-6-19(14-30)15-31-26/h6-11,13,15-16,20-21H,12,17-18H2,1-5H3,(H,31,32,33). The van der Waals surface area contributed by atoms with E-state index in [1.807, 2.05) is 12.3 Å². The summed E-state index contributed by atoms with van der Waals surface area (Å²) >= 11 is 1.75. The van der Waals surface area contributed by atoms with Crippen LogP contribution in [0.1, 0.15) is 32.8 Å². The Morgan fingerprint density at radius 3 is 2.51 bits per heavy atom. The Labute approximate surface area is 223 Å². The Kier molecular flexibility index (Phi) is 8.22. The van der Waals surface area contributed by atoms with E-state index in [4.69, 9.17) is 14.4 Å². The monoisotopic (exact) mass is 536 g/mol. The first-order valence-corrected chi connectivity index (χ1v) is 16.3. The maximum atomic E-state index is 13.4. The van der Waals surface area contributed by atoms with Crippen LogP contribution >= 0.6 is 11.8 Å². The van der Waals surface area contributed by atoms with Crippen molar-refractivity contribution in [3.63, 3.8) is 0 Å². The van der Waals surface area contributed by atoms with Crippen LogP contribution in [0.15, 0.2) is 59.8 Å². The van der Waals surface area contributed by atoms with Crippen LogP contribution in [0.5, 0.6) is 11.5 Å². The molecule has 0 amide bonds. The number of hydrogen-bond acceptors (Lipinski definition) is 7. The largest absolute Gasteiger partial charge is 0.453 e. The second-order valence-corrected chi connectivity index (χ2v) is 16.8. The van der Waals surface area contributed by atoms with Crippen LogP contribution in [0.4, 0.5) is 16.0 Å². The molecule has 0 saturated heterocycles. The van der Waals surface area contributed by atoms with Crippen LogP contribution in [0, 0.1) is 29.0 Å².